The van der Waals surface area contributed by atoms with Crippen LogP contribution < -0.4 is 4.74 Å². The second-order valence-corrected chi connectivity index (χ2v) is 5.51. The molecule has 1 aliphatic heterocycles. The Morgan fingerprint density at radius 2 is 2.00 bits per heavy atom. The van der Waals surface area contributed by atoms with E-state index < -0.39 is 6.10 Å². The van der Waals surface area contributed by atoms with E-state index in [4.69, 9.17) is 16.3 Å². The lowest BCUT2D eigenvalue weighted by molar-refractivity contribution is 0.169. The molecule has 20 heavy (non-hydrogen) atoms. The number of aliphatic hydroxyl groups excluding tert-OH is 1. The monoisotopic (exact) mass is 288 g/mol. The van der Waals surface area contributed by atoms with E-state index in [1.54, 1.807) is 0 Å². The third-order valence-corrected chi connectivity index (χ3v) is 4.06. The zero-order valence-corrected chi connectivity index (χ0v) is 11.9. The van der Waals surface area contributed by atoms with Crippen molar-refractivity contribution in [1.29, 1.82) is 0 Å². The van der Waals surface area contributed by atoms with E-state index in [2.05, 4.69) is 6.07 Å². The highest BCUT2D eigenvalue weighted by molar-refractivity contribution is 6.31. The predicted molar refractivity (Wildman–Crippen MR) is 80.4 cm³/mol. The van der Waals surface area contributed by atoms with Crippen LogP contribution in [0.5, 0.6) is 5.75 Å². The van der Waals surface area contributed by atoms with E-state index in [1.165, 1.54) is 5.56 Å². The Labute approximate surface area is 124 Å². The van der Waals surface area contributed by atoms with Gasteiger partial charge in [-0.1, -0.05) is 48.0 Å². The van der Waals surface area contributed by atoms with E-state index in [0.29, 0.717) is 11.4 Å². The summed E-state index contributed by atoms with van der Waals surface area (Å²) in [7, 11) is 0. The zero-order chi connectivity index (χ0) is 13.9. The summed E-state index contributed by atoms with van der Waals surface area (Å²) in [4.78, 5) is 0. The van der Waals surface area contributed by atoms with Crippen LogP contribution in [0.3, 0.4) is 0 Å². The Bertz CT molecular complexity index is 610. The van der Waals surface area contributed by atoms with Gasteiger partial charge in [0.2, 0.25) is 0 Å². The van der Waals surface area contributed by atoms with Gasteiger partial charge < -0.3 is 9.84 Å². The molecule has 0 fully saturated rings. The molecule has 0 spiro atoms. The van der Waals surface area contributed by atoms with Gasteiger partial charge in [-0.3, -0.25) is 0 Å². The molecular formula is C17H17ClO2. The number of hydrogen-bond acceptors (Lipinski definition) is 2. The first kappa shape index (κ1) is 13.5. The van der Waals surface area contributed by atoms with Crippen LogP contribution in [0.15, 0.2) is 42.5 Å². The maximum Gasteiger partial charge on any atom is 0.128 e. The third-order valence-electron chi connectivity index (χ3n) is 3.69. The van der Waals surface area contributed by atoms with Gasteiger partial charge in [-0.25, -0.2) is 0 Å². The van der Waals surface area contributed by atoms with Gasteiger partial charge in [0.05, 0.1) is 12.7 Å². The first-order valence-electron chi connectivity index (χ1n) is 6.92. The molecule has 2 aromatic rings. The van der Waals surface area contributed by atoms with Gasteiger partial charge in [0.25, 0.3) is 0 Å². The molecule has 1 aliphatic rings. The molecule has 104 valence electrons. The predicted octanol–water partition coefficient (Wildman–Crippen LogP) is 3.94. The quantitative estimate of drug-likeness (QED) is 0.927. The highest BCUT2D eigenvalue weighted by atomic mass is 35.5. The van der Waals surface area contributed by atoms with Crippen LogP contribution in [0.25, 0.3) is 0 Å². The second-order valence-electron chi connectivity index (χ2n) is 5.10. The van der Waals surface area contributed by atoms with Gasteiger partial charge in [-0.05, 0) is 30.0 Å². The molecule has 0 amide bonds. The molecule has 3 heteroatoms. The Kier molecular flexibility index (Phi) is 3.95. The minimum Gasteiger partial charge on any atom is -0.493 e. The molecule has 1 N–H and O–H groups in total. The van der Waals surface area contributed by atoms with Crippen LogP contribution in [0.2, 0.25) is 5.02 Å². The van der Waals surface area contributed by atoms with Crippen molar-refractivity contribution in [2.45, 2.75) is 25.4 Å². The van der Waals surface area contributed by atoms with Gasteiger partial charge in [-0.2, -0.15) is 0 Å². The maximum absolute atomic E-state index is 10.5. The number of benzene rings is 2. The van der Waals surface area contributed by atoms with Crippen molar-refractivity contribution in [3.05, 3.63) is 64.2 Å². The lowest BCUT2D eigenvalue weighted by Crippen LogP contribution is -2.13. The summed E-state index contributed by atoms with van der Waals surface area (Å²) in [6.07, 6.45) is 1.96. The molecule has 0 aromatic heterocycles. The fraction of sp³-hybridized carbons (Fsp3) is 0.294. The van der Waals surface area contributed by atoms with E-state index in [9.17, 15) is 5.11 Å². The summed E-state index contributed by atoms with van der Waals surface area (Å²) in [5.74, 6) is 0.860. The third kappa shape index (κ3) is 2.67. The number of hydrogen-bond donors (Lipinski definition) is 1. The highest BCUT2D eigenvalue weighted by Crippen LogP contribution is 2.34. The largest absolute Gasteiger partial charge is 0.493 e. The molecule has 1 heterocycles. The summed E-state index contributed by atoms with van der Waals surface area (Å²) in [5, 5.41) is 11.2. The Hall–Kier alpha value is -1.51. The molecule has 2 nitrogen and oxygen atoms in total. The Morgan fingerprint density at radius 3 is 2.85 bits per heavy atom. The Morgan fingerprint density at radius 1 is 1.15 bits per heavy atom. The molecule has 2 aromatic carbocycles. The number of aryl methyl sites for hydroxylation is 1. The fourth-order valence-electron chi connectivity index (χ4n) is 2.66. The molecule has 3 rings (SSSR count). The summed E-state index contributed by atoms with van der Waals surface area (Å²) >= 11 is 6.16. The lowest BCUT2D eigenvalue weighted by Gasteiger charge is -2.23. The van der Waals surface area contributed by atoms with Crippen molar-refractivity contribution in [1.82, 2.24) is 0 Å². The molecule has 1 unspecified atom stereocenters. The summed E-state index contributed by atoms with van der Waals surface area (Å²) in [6, 6.07) is 13.6. The number of para-hydroxylation sites is 1. The normalized spacial score (nSPS) is 15.3. The van der Waals surface area contributed by atoms with E-state index in [0.717, 1.165) is 36.3 Å². The summed E-state index contributed by atoms with van der Waals surface area (Å²) in [5.41, 5.74) is 3.00. The van der Waals surface area contributed by atoms with Gasteiger partial charge in [0.1, 0.15) is 5.75 Å². The SMILES string of the molecule is OC(Cc1ccccc1Cl)c1cccc2c1OCCC2. The summed E-state index contributed by atoms with van der Waals surface area (Å²) in [6.45, 7) is 0.725. The molecular weight excluding hydrogens is 272 g/mol. The van der Waals surface area contributed by atoms with Crippen LogP contribution >= 0.6 is 11.6 Å². The van der Waals surface area contributed by atoms with Gasteiger partial charge in [0, 0.05) is 17.0 Å². The minimum atomic E-state index is -0.594. The average Bonchev–Trinajstić information content (AvgIpc) is 2.49. The topological polar surface area (TPSA) is 29.5 Å². The zero-order valence-electron chi connectivity index (χ0n) is 11.2. The van der Waals surface area contributed by atoms with Crippen LogP contribution in [0, 0.1) is 0 Å². The van der Waals surface area contributed by atoms with E-state index in [1.807, 2.05) is 36.4 Å². The molecule has 0 aliphatic carbocycles. The number of rotatable bonds is 3. The average molecular weight is 289 g/mol. The number of halogens is 1. The minimum absolute atomic E-state index is 0.499. The van der Waals surface area contributed by atoms with Crippen molar-refractivity contribution in [2.24, 2.45) is 0 Å². The first-order valence-corrected chi connectivity index (χ1v) is 7.29. The van der Waals surface area contributed by atoms with Gasteiger partial charge >= 0.3 is 0 Å². The van der Waals surface area contributed by atoms with Crippen LogP contribution in [-0.2, 0) is 12.8 Å². The molecule has 0 radical (unpaired) electrons. The maximum atomic E-state index is 10.5. The molecule has 0 bridgehead atoms. The number of aliphatic hydroxyl groups is 1. The van der Waals surface area contributed by atoms with E-state index in [-0.39, 0.29) is 0 Å². The van der Waals surface area contributed by atoms with Crippen molar-refractivity contribution in [3.63, 3.8) is 0 Å². The highest BCUT2D eigenvalue weighted by Gasteiger charge is 2.20. The van der Waals surface area contributed by atoms with Crippen LogP contribution in [0.1, 0.15) is 29.2 Å². The lowest BCUT2D eigenvalue weighted by atomic mass is 9.96. The summed E-state index contributed by atoms with van der Waals surface area (Å²) < 4.78 is 5.75. The Balaban J connectivity index is 1.88. The van der Waals surface area contributed by atoms with E-state index >= 15 is 0 Å². The smallest absolute Gasteiger partial charge is 0.128 e. The molecule has 0 saturated heterocycles. The fourth-order valence-corrected chi connectivity index (χ4v) is 2.87. The number of ether oxygens (including phenoxy) is 1. The second kappa shape index (κ2) is 5.86. The van der Waals surface area contributed by atoms with Crippen molar-refractivity contribution < 1.29 is 9.84 Å². The molecule has 0 saturated carbocycles. The number of fused-ring (bicyclic) bond motifs is 1. The van der Waals surface area contributed by atoms with Crippen molar-refractivity contribution in [3.8, 4) is 5.75 Å². The van der Waals surface area contributed by atoms with Gasteiger partial charge in [0.15, 0.2) is 0 Å². The van der Waals surface area contributed by atoms with Crippen LogP contribution in [-0.4, -0.2) is 11.7 Å². The van der Waals surface area contributed by atoms with Gasteiger partial charge in [-0.15, -0.1) is 0 Å². The molecule has 1 atom stereocenters. The van der Waals surface area contributed by atoms with Crippen molar-refractivity contribution >= 4 is 11.6 Å². The first-order chi connectivity index (χ1) is 9.75. The standard InChI is InChI=1S/C17H17ClO2/c18-15-9-2-1-5-13(15)11-16(19)14-8-3-6-12-7-4-10-20-17(12)14/h1-3,5-6,8-9,16,19H,4,7,10-11H2. The van der Waals surface area contributed by atoms with Crippen molar-refractivity contribution in [2.75, 3.05) is 6.61 Å². The van der Waals surface area contributed by atoms with Crippen LogP contribution in [0.4, 0.5) is 0 Å².